The van der Waals surface area contributed by atoms with Gasteiger partial charge in [0, 0.05) is 30.5 Å². The molecule has 3 heterocycles. The molecule has 3 rings (SSSR count). The van der Waals surface area contributed by atoms with Gasteiger partial charge in [-0.25, -0.2) is 4.98 Å². The number of carbonyl (C=O) groups is 1. The van der Waals surface area contributed by atoms with E-state index in [-0.39, 0.29) is 11.9 Å². The molecular formula is C22H31N5O2. The normalized spacial score (nSPS) is 16.4. The highest BCUT2D eigenvalue weighted by molar-refractivity contribution is 5.78. The molecule has 1 aliphatic rings. The van der Waals surface area contributed by atoms with Crippen LogP contribution in [-0.2, 0) is 9.53 Å². The minimum absolute atomic E-state index is 0.0383. The Balaban J connectivity index is 1.46. The van der Waals surface area contributed by atoms with Crippen molar-refractivity contribution < 1.29 is 9.53 Å². The fourth-order valence-electron chi connectivity index (χ4n) is 3.68. The van der Waals surface area contributed by atoms with Crippen LogP contribution >= 0.6 is 0 Å². The lowest BCUT2D eigenvalue weighted by molar-refractivity contribution is -0.123. The van der Waals surface area contributed by atoms with Gasteiger partial charge in [-0.05, 0) is 64.0 Å². The van der Waals surface area contributed by atoms with Crippen LogP contribution < -0.4 is 10.6 Å². The summed E-state index contributed by atoms with van der Waals surface area (Å²) < 4.78 is 5.06. The van der Waals surface area contributed by atoms with E-state index in [1.165, 1.54) is 0 Å². The molecule has 1 fully saturated rings. The Labute approximate surface area is 172 Å². The number of nitrogens with one attached hydrogen (secondary N) is 2. The van der Waals surface area contributed by atoms with Crippen molar-refractivity contribution in [2.45, 2.75) is 38.6 Å². The molecule has 0 aromatic carbocycles. The SMILES string of the molecule is COC[C@H](C)NC(=O)CN1CCC(c2ccc(Nc3cccc(C)n3)cn2)CC1. The largest absolute Gasteiger partial charge is 0.383 e. The van der Waals surface area contributed by atoms with E-state index in [4.69, 9.17) is 4.74 Å². The third kappa shape index (κ3) is 6.51. The van der Waals surface area contributed by atoms with Crippen LogP contribution in [0.4, 0.5) is 11.5 Å². The Morgan fingerprint density at radius 1 is 1.28 bits per heavy atom. The molecule has 156 valence electrons. The molecular weight excluding hydrogens is 366 g/mol. The van der Waals surface area contributed by atoms with Gasteiger partial charge in [-0.3, -0.25) is 14.7 Å². The van der Waals surface area contributed by atoms with Crippen molar-refractivity contribution in [1.29, 1.82) is 0 Å². The van der Waals surface area contributed by atoms with E-state index >= 15 is 0 Å². The first-order chi connectivity index (χ1) is 14.0. The lowest BCUT2D eigenvalue weighted by atomic mass is 9.93. The highest BCUT2D eigenvalue weighted by Crippen LogP contribution is 2.27. The van der Waals surface area contributed by atoms with Gasteiger partial charge in [0.2, 0.25) is 5.91 Å². The monoisotopic (exact) mass is 397 g/mol. The number of ether oxygens (including phenoxy) is 1. The Bertz CT molecular complexity index is 788. The Hall–Kier alpha value is -2.51. The van der Waals surface area contributed by atoms with Crippen LogP contribution in [-0.4, -0.2) is 60.2 Å². The zero-order valence-electron chi connectivity index (χ0n) is 17.5. The first-order valence-electron chi connectivity index (χ1n) is 10.2. The van der Waals surface area contributed by atoms with E-state index in [1.807, 2.05) is 38.2 Å². The summed E-state index contributed by atoms with van der Waals surface area (Å²) in [5.41, 5.74) is 3.03. The van der Waals surface area contributed by atoms with E-state index in [9.17, 15) is 4.79 Å². The fourth-order valence-corrected chi connectivity index (χ4v) is 3.68. The summed E-state index contributed by atoms with van der Waals surface area (Å²) in [5.74, 6) is 1.32. The molecule has 0 saturated carbocycles. The Kier molecular flexibility index (Phi) is 7.55. The van der Waals surface area contributed by atoms with E-state index in [0.29, 0.717) is 19.1 Å². The van der Waals surface area contributed by atoms with Crippen LogP contribution in [0.1, 0.15) is 37.1 Å². The molecule has 1 atom stereocenters. The predicted molar refractivity (Wildman–Crippen MR) is 114 cm³/mol. The average molecular weight is 398 g/mol. The van der Waals surface area contributed by atoms with Crippen LogP contribution in [0.5, 0.6) is 0 Å². The van der Waals surface area contributed by atoms with Crippen LogP contribution in [0, 0.1) is 6.92 Å². The van der Waals surface area contributed by atoms with Crippen molar-refractivity contribution in [3.63, 3.8) is 0 Å². The number of anilines is 2. The maximum absolute atomic E-state index is 12.1. The van der Waals surface area contributed by atoms with Crippen molar-refractivity contribution in [1.82, 2.24) is 20.2 Å². The van der Waals surface area contributed by atoms with Crippen LogP contribution in [0.25, 0.3) is 0 Å². The summed E-state index contributed by atoms with van der Waals surface area (Å²) in [6, 6.07) is 10.1. The number of carbonyl (C=O) groups excluding carboxylic acids is 1. The highest BCUT2D eigenvalue weighted by Gasteiger charge is 2.23. The van der Waals surface area contributed by atoms with Gasteiger partial charge in [-0.2, -0.15) is 0 Å². The molecule has 0 aliphatic carbocycles. The van der Waals surface area contributed by atoms with Gasteiger partial charge in [0.15, 0.2) is 0 Å². The number of nitrogens with zero attached hydrogens (tertiary/aromatic N) is 3. The summed E-state index contributed by atoms with van der Waals surface area (Å²) in [6.07, 6.45) is 3.90. The molecule has 0 radical (unpaired) electrons. The lowest BCUT2D eigenvalue weighted by Gasteiger charge is -2.31. The molecule has 0 unspecified atom stereocenters. The zero-order chi connectivity index (χ0) is 20.6. The summed E-state index contributed by atoms with van der Waals surface area (Å²) >= 11 is 0. The zero-order valence-corrected chi connectivity index (χ0v) is 17.5. The summed E-state index contributed by atoms with van der Waals surface area (Å²) in [7, 11) is 1.64. The standard InChI is InChI=1S/C22H31N5O2/c1-16-5-4-6-21(24-16)26-19-7-8-20(23-13-19)18-9-11-27(12-10-18)14-22(28)25-17(2)15-29-3/h4-8,13,17-18H,9-12,14-15H2,1-3H3,(H,24,26)(H,25,28)/t17-/m0/s1. The third-order valence-corrected chi connectivity index (χ3v) is 5.14. The topological polar surface area (TPSA) is 79.4 Å². The molecule has 7 nitrogen and oxygen atoms in total. The highest BCUT2D eigenvalue weighted by atomic mass is 16.5. The van der Waals surface area contributed by atoms with Crippen molar-refractivity contribution >= 4 is 17.4 Å². The van der Waals surface area contributed by atoms with Crippen molar-refractivity contribution in [2.75, 3.05) is 38.7 Å². The molecule has 1 aliphatic heterocycles. The number of piperidine rings is 1. The number of hydrogen-bond acceptors (Lipinski definition) is 6. The van der Waals surface area contributed by atoms with Gasteiger partial charge in [-0.15, -0.1) is 0 Å². The van der Waals surface area contributed by atoms with Crippen molar-refractivity contribution in [3.8, 4) is 0 Å². The molecule has 2 aromatic heterocycles. The first-order valence-corrected chi connectivity index (χ1v) is 10.2. The summed E-state index contributed by atoms with van der Waals surface area (Å²) in [6.45, 7) is 6.72. The van der Waals surface area contributed by atoms with Crippen LogP contribution in [0.2, 0.25) is 0 Å². The maximum atomic E-state index is 12.1. The van der Waals surface area contributed by atoms with Crippen LogP contribution in [0.3, 0.4) is 0 Å². The molecule has 2 N–H and O–H groups in total. The molecule has 7 heteroatoms. The maximum Gasteiger partial charge on any atom is 0.234 e. The molecule has 29 heavy (non-hydrogen) atoms. The number of methoxy groups -OCH3 is 1. The second-order valence-electron chi connectivity index (χ2n) is 7.74. The number of amides is 1. The molecule has 1 saturated heterocycles. The van der Waals surface area contributed by atoms with Crippen molar-refractivity contribution in [3.05, 3.63) is 47.9 Å². The average Bonchev–Trinajstić information content (AvgIpc) is 2.69. The molecule has 0 bridgehead atoms. The Morgan fingerprint density at radius 3 is 2.72 bits per heavy atom. The minimum atomic E-state index is 0.0383. The second kappa shape index (κ2) is 10.3. The van der Waals surface area contributed by atoms with E-state index in [2.05, 4.69) is 37.6 Å². The molecule has 0 spiro atoms. The molecule has 1 amide bonds. The third-order valence-electron chi connectivity index (χ3n) is 5.14. The number of likely N-dealkylation sites (tertiary alicyclic amines) is 1. The number of rotatable bonds is 8. The van der Waals surface area contributed by atoms with Gasteiger partial charge in [0.05, 0.1) is 25.0 Å². The quantitative estimate of drug-likeness (QED) is 0.713. The molecule has 2 aromatic rings. The number of pyridine rings is 2. The van der Waals surface area contributed by atoms with Gasteiger partial charge in [0.25, 0.3) is 0 Å². The lowest BCUT2D eigenvalue weighted by Crippen LogP contribution is -2.44. The second-order valence-corrected chi connectivity index (χ2v) is 7.74. The van der Waals surface area contributed by atoms with Gasteiger partial charge >= 0.3 is 0 Å². The van der Waals surface area contributed by atoms with Gasteiger partial charge in [0.1, 0.15) is 5.82 Å². The number of aromatic nitrogens is 2. The smallest absolute Gasteiger partial charge is 0.234 e. The van der Waals surface area contributed by atoms with E-state index in [1.54, 1.807) is 7.11 Å². The van der Waals surface area contributed by atoms with E-state index in [0.717, 1.165) is 48.8 Å². The van der Waals surface area contributed by atoms with Crippen LogP contribution in [0.15, 0.2) is 36.5 Å². The Morgan fingerprint density at radius 2 is 2.07 bits per heavy atom. The van der Waals surface area contributed by atoms with Gasteiger partial charge < -0.3 is 15.4 Å². The number of hydrogen-bond donors (Lipinski definition) is 2. The predicted octanol–water partition coefficient (Wildman–Crippen LogP) is 2.86. The van der Waals surface area contributed by atoms with Crippen molar-refractivity contribution in [2.24, 2.45) is 0 Å². The first kappa shape index (κ1) is 21.2. The minimum Gasteiger partial charge on any atom is -0.383 e. The van der Waals surface area contributed by atoms with E-state index < -0.39 is 0 Å². The number of aryl methyl sites for hydroxylation is 1. The summed E-state index contributed by atoms with van der Waals surface area (Å²) in [4.78, 5) is 23.5. The fraction of sp³-hybridized carbons (Fsp3) is 0.500. The summed E-state index contributed by atoms with van der Waals surface area (Å²) in [5, 5.41) is 6.26. The van der Waals surface area contributed by atoms with Gasteiger partial charge in [-0.1, -0.05) is 6.07 Å².